The maximum atomic E-state index is 4.44. The molecule has 7 rings (SSSR count). The topological polar surface area (TPSA) is 8.17 Å². The summed E-state index contributed by atoms with van der Waals surface area (Å²) in [5.41, 5.74) is 11.8. The minimum absolute atomic E-state index is 0.929. The van der Waals surface area contributed by atoms with Crippen LogP contribution < -0.4 is 4.90 Å². The molecule has 0 spiro atoms. The number of nitrogens with zero attached hydrogens (tertiary/aromatic N) is 2. The summed E-state index contributed by atoms with van der Waals surface area (Å²) >= 11 is 1.81. The molecule has 53 heavy (non-hydrogen) atoms. The SMILES string of the molecule is C=C/C=C\C(=C/C)N(C=C)c1ccc(-c2ccc3c(c2)c2c(n3-c3ccccc3)/C=C\C(=C)c3ccccc3S2)cc1C(=C)/C=C\C.c1ccccc1. The number of fused-ring (bicyclic) bond motifs is 4. The van der Waals surface area contributed by atoms with Crippen LogP contribution in [-0.2, 0) is 0 Å². The lowest BCUT2D eigenvalue weighted by atomic mass is 9.96. The molecule has 5 aromatic carbocycles. The molecule has 0 radical (unpaired) electrons. The molecule has 0 N–H and O–H groups in total. The van der Waals surface area contributed by atoms with Crippen LogP contribution in [0.15, 0.2) is 218 Å². The van der Waals surface area contributed by atoms with Gasteiger partial charge in [-0.1, -0.05) is 159 Å². The second-order valence-corrected chi connectivity index (χ2v) is 13.4. The maximum Gasteiger partial charge on any atom is 0.0608 e. The lowest BCUT2D eigenvalue weighted by Crippen LogP contribution is -2.15. The van der Waals surface area contributed by atoms with Crippen LogP contribution in [0.4, 0.5) is 5.69 Å². The van der Waals surface area contributed by atoms with Gasteiger partial charge in [0.15, 0.2) is 0 Å². The van der Waals surface area contributed by atoms with Crippen molar-refractivity contribution in [2.75, 3.05) is 4.90 Å². The van der Waals surface area contributed by atoms with E-state index < -0.39 is 0 Å². The van der Waals surface area contributed by atoms with Gasteiger partial charge in [-0.25, -0.2) is 0 Å². The highest BCUT2D eigenvalue weighted by Gasteiger charge is 2.22. The molecule has 260 valence electrons. The quantitative estimate of drug-likeness (QED) is 0.138. The molecule has 3 heteroatoms. The van der Waals surface area contributed by atoms with Crippen molar-refractivity contribution < 1.29 is 0 Å². The van der Waals surface area contributed by atoms with E-state index in [9.17, 15) is 0 Å². The summed E-state index contributed by atoms with van der Waals surface area (Å²) in [5, 5.41) is 1.20. The van der Waals surface area contributed by atoms with Crippen molar-refractivity contribution in [1.82, 2.24) is 4.57 Å². The molecule has 0 amide bonds. The molecule has 6 aromatic rings. The first-order valence-corrected chi connectivity index (χ1v) is 18.5. The van der Waals surface area contributed by atoms with Gasteiger partial charge in [0.05, 0.1) is 16.9 Å². The molecule has 1 aliphatic heterocycles. The molecule has 0 unspecified atom stereocenters. The third-order valence-corrected chi connectivity index (χ3v) is 10.2. The largest absolute Gasteiger partial charge is 0.317 e. The van der Waals surface area contributed by atoms with Crippen LogP contribution in [0.2, 0.25) is 0 Å². The molecule has 0 atom stereocenters. The normalized spacial score (nSPS) is 13.0. The van der Waals surface area contributed by atoms with E-state index in [-0.39, 0.29) is 0 Å². The van der Waals surface area contributed by atoms with Crippen molar-refractivity contribution in [1.29, 1.82) is 0 Å². The van der Waals surface area contributed by atoms with Gasteiger partial charge in [-0.2, -0.15) is 0 Å². The van der Waals surface area contributed by atoms with E-state index in [1.54, 1.807) is 6.08 Å². The summed E-state index contributed by atoms with van der Waals surface area (Å²) in [6.07, 6.45) is 18.1. The zero-order valence-corrected chi connectivity index (χ0v) is 31.3. The number of benzene rings is 5. The minimum Gasteiger partial charge on any atom is -0.317 e. The van der Waals surface area contributed by atoms with Crippen molar-refractivity contribution in [3.63, 3.8) is 0 Å². The Morgan fingerprint density at radius 3 is 2.08 bits per heavy atom. The van der Waals surface area contributed by atoms with E-state index in [0.29, 0.717) is 0 Å². The summed E-state index contributed by atoms with van der Waals surface area (Å²) in [7, 11) is 0. The smallest absolute Gasteiger partial charge is 0.0608 e. The molecule has 1 aromatic heterocycles. The fourth-order valence-electron chi connectivity index (χ4n) is 6.46. The van der Waals surface area contributed by atoms with Crippen LogP contribution in [0.5, 0.6) is 0 Å². The van der Waals surface area contributed by atoms with Crippen molar-refractivity contribution in [2.24, 2.45) is 0 Å². The van der Waals surface area contributed by atoms with E-state index in [1.165, 1.54) is 15.2 Å². The number of rotatable bonds is 9. The van der Waals surface area contributed by atoms with Gasteiger partial charge in [0, 0.05) is 38.3 Å². The third kappa shape index (κ3) is 7.97. The number of hydrogen-bond donors (Lipinski definition) is 0. The molecule has 0 fully saturated rings. The van der Waals surface area contributed by atoms with Gasteiger partial charge in [-0.3, -0.25) is 0 Å². The molecule has 2 heterocycles. The average molecular weight is 705 g/mol. The maximum absolute atomic E-state index is 4.44. The standard InChI is InChI=1S/C44H38N2S.C6H6/c1-7-11-18-35(9-3)45(10-4)40-27-24-33(29-38(40)31(5)17-8-2)34-25-28-41-39(30-34)44-42(46(41)36-19-13-12-14-20-36)26-23-32(6)37-21-15-16-22-43(37)47-44;1-2-4-6-5-3-1/h7-30H,1,4-6H2,2-3H3;1-6H/b17-8-,18-11-,26-23-,35-9+;. The zero-order valence-electron chi connectivity index (χ0n) is 30.5. The van der Waals surface area contributed by atoms with Crippen LogP contribution in [0.25, 0.3) is 44.9 Å². The van der Waals surface area contributed by atoms with Crippen LogP contribution in [0.3, 0.4) is 0 Å². The number of para-hydroxylation sites is 1. The third-order valence-electron chi connectivity index (χ3n) is 8.99. The lowest BCUT2D eigenvalue weighted by molar-refractivity contribution is 1.09. The Kier molecular flexibility index (Phi) is 11.9. The molecule has 0 bridgehead atoms. The van der Waals surface area contributed by atoms with Crippen LogP contribution >= 0.6 is 11.8 Å². The van der Waals surface area contributed by atoms with Gasteiger partial charge in [0.2, 0.25) is 0 Å². The summed E-state index contributed by atoms with van der Waals surface area (Å²) in [6.45, 7) is 20.9. The first-order chi connectivity index (χ1) is 26.0. The number of allylic oxidation sites excluding steroid dienone is 9. The Morgan fingerprint density at radius 1 is 0.736 bits per heavy atom. The molecule has 0 aliphatic carbocycles. The molecule has 2 nitrogen and oxygen atoms in total. The Bertz CT molecular complexity index is 2370. The summed E-state index contributed by atoms with van der Waals surface area (Å²) < 4.78 is 2.36. The van der Waals surface area contributed by atoms with Gasteiger partial charge in [-0.05, 0) is 96.3 Å². The van der Waals surface area contributed by atoms with Gasteiger partial charge < -0.3 is 9.47 Å². The molecule has 0 saturated carbocycles. The van der Waals surface area contributed by atoms with E-state index in [2.05, 4.69) is 151 Å². The van der Waals surface area contributed by atoms with Gasteiger partial charge >= 0.3 is 0 Å². The first-order valence-electron chi connectivity index (χ1n) is 17.7. The minimum atomic E-state index is 0.929. The van der Waals surface area contributed by atoms with Crippen LogP contribution in [0.1, 0.15) is 30.7 Å². The molecular weight excluding hydrogens is 661 g/mol. The zero-order chi connectivity index (χ0) is 37.2. The molecule has 1 aliphatic rings. The van der Waals surface area contributed by atoms with Crippen molar-refractivity contribution >= 4 is 45.6 Å². The van der Waals surface area contributed by atoms with Gasteiger partial charge in [0.25, 0.3) is 0 Å². The molecule has 0 saturated heterocycles. The van der Waals surface area contributed by atoms with Crippen molar-refractivity contribution in [3.8, 4) is 16.8 Å². The second-order valence-electron chi connectivity index (χ2n) is 12.3. The number of hydrogen-bond acceptors (Lipinski definition) is 2. The number of aromatic nitrogens is 1. The fraction of sp³-hybridized carbons (Fsp3) is 0.0400. The Labute approximate surface area is 319 Å². The fourth-order valence-corrected chi connectivity index (χ4v) is 7.67. The van der Waals surface area contributed by atoms with E-state index in [4.69, 9.17) is 0 Å². The van der Waals surface area contributed by atoms with Crippen LogP contribution in [-0.4, -0.2) is 4.57 Å². The predicted molar refractivity (Wildman–Crippen MR) is 233 cm³/mol. The van der Waals surface area contributed by atoms with E-state index in [1.807, 2.05) is 86.4 Å². The highest BCUT2D eigenvalue weighted by Crippen LogP contribution is 2.46. The van der Waals surface area contributed by atoms with Gasteiger partial charge in [-0.15, -0.1) is 0 Å². The molecular formula is C50H44N2S. The highest BCUT2D eigenvalue weighted by molar-refractivity contribution is 7.99. The van der Waals surface area contributed by atoms with E-state index >= 15 is 0 Å². The summed E-state index contributed by atoms with van der Waals surface area (Å²) in [4.78, 5) is 4.51. The number of anilines is 1. The Hall–Kier alpha value is -6.29. The van der Waals surface area contributed by atoms with Crippen molar-refractivity contribution in [3.05, 3.63) is 225 Å². The van der Waals surface area contributed by atoms with Gasteiger partial charge in [0.1, 0.15) is 0 Å². The lowest BCUT2D eigenvalue weighted by Gasteiger charge is -2.25. The Balaban J connectivity index is 0.000000729. The second kappa shape index (κ2) is 17.3. The predicted octanol–water partition coefficient (Wildman–Crippen LogP) is 14.4. The average Bonchev–Trinajstić information content (AvgIpc) is 3.50. The highest BCUT2D eigenvalue weighted by atomic mass is 32.2. The Morgan fingerprint density at radius 2 is 1.40 bits per heavy atom. The van der Waals surface area contributed by atoms with E-state index in [0.717, 1.165) is 61.7 Å². The van der Waals surface area contributed by atoms with Crippen LogP contribution in [0, 0.1) is 0 Å². The van der Waals surface area contributed by atoms with Crippen molar-refractivity contribution in [2.45, 2.75) is 23.6 Å². The summed E-state index contributed by atoms with van der Waals surface area (Å²) in [5.74, 6) is 0. The monoisotopic (exact) mass is 704 g/mol. The first kappa shape index (κ1) is 36.5. The summed E-state index contributed by atoms with van der Waals surface area (Å²) in [6, 6.07) is 44.5.